The van der Waals surface area contributed by atoms with Gasteiger partial charge in [-0.1, -0.05) is 23.2 Å². The highest BCUT2D eigenvalue weighted by atomic mass is 35.5. The van der Waals surface area contributed by atoms with Crippen molar-refractivity contribution in [3.05, 3.63) is 0 Å². The third kappa shape index (κ3) is 1.35. The quantitative estimate of drug-likeness (QED) is 0.389. The van der Waals surface area contributed by atoms with Crippen LogP contribution >= 0.6 is 23.2 Å². The Kier molecular flexibility index (Phi) is 1.98. The van der Waals surface area contributed by atoms with Crippen LogP contribution in [0.2, 0.25) is 0 Å². The number of carbonyl (C=O) groups is 2. The predicted molar refractivity (Wildman–Crippen MR) is 41.3 cm³/mol. The molecule has 0 radical (unpaired) electrons. The zero-order valence-corrected chi connectivity index (χ0v) is 7.53. The molecule has 0 unspecified atom stereocenters. The maximum Gasteiger partial charge on any atom is 0.313 e. The van der Waals surface area contributed by atoms with E-state index in [2.05, 4.69) is 0 Å². The predicted octanol–water partition coefficient (Wildman–Crippen LogP) is -0.928. The second-order valence-corrected chi connectivity index (χ2v) is 4.21. The van der Waals surface area contributed by atoms with Gasteiger partial charge in [-0.05, 0) is 6.92 Å². The summed E-state index contributed by atoms with van der Waals surface area (Å²) in [5.41, 5.74) is 0. The van der Waals surface area contributed by atoms with E-state index in [1.807, 2.05) is 10.6 Å². The van der Waals surface area contributed by atoms with E-state index < -0.39 is 22.0 Å². The molecule has 0 atom stereocenters. The second-order valence-electron chi connectivity index (χ2n) is 2.51. The highest BCUT2D eigenvalue weighted by Crippen LogP contribution is 2.31. The molecule has 1 aliphatic heterocycles. The van der Waals surface area contributed by atoms with Gasteiger partial charge in [0.15, 0.2) is 4.33 Å². The average Bonchev–Trinajstić information content (AvgIpc) is 2.06. The third-order valence-electron chi connectivity index (χ3n) is 1.43. The van der Waals surface area contributed by atoms with Crippen molar-refractivity contribution < 1.29 is 14.7 Å². The summed E-state index contributed by atoms with van der Waals surface area (Å²) in [5.74, 6) is -4.03. The Hall–Kier alpha value is -0.520. The van der Waals surface area contributed by atoms with Gasteiger partial charge in [-0.2, -0.15) is 0 Å². The van der Waals surface area contributed by atoms with Crippen LogP contribution in [-0.2, 0) is 9.59 Å². The maximum atomic E-state index is 10.6. The van der Waals surface area contributed by atoms with E-state index in [0.29, 0.717) is 0 Å². The lowest BCUT2D eigenvalue weighted by Gasteiger charge is -2.30. The van der Waals surface area contributed by atoms with Crippen molar-refractivity contribution >= 4 is 35.0 Å². The third-order valence-corrected chi connectivity index (χ3v) is 1.98. The fourth-order valence-electron chi connectivity index (χ4n) is 0.693. The summed E-state index contributed by atoms with van der Waals surface area (Å²) >= 11 is 11.0. The Morgan fingerprint density at radius 3 is 1.83 bits per heavy atom. The van der Waals surface area contributed by atoms with Gasteiger partial charge in [-0.15, -0.1) is 0 Å². The molecular formula is C5H6Cl2N2O3. The van der Waals surface area contributed by atoms with Crippen molar-refractivity contribution in [1.29, 1.82) is 0 Å². The summed E-state index contributed by atoms with van der Waals surface area (Å²) in [5, 5.41) is 13.3. The summed E-state index contributed by atoms with van der Waals surface area (Å²) in [6.45, 7) is 1.24. The lowest BCUT2D eigenvalue weighted by atomic mass is 10.3. The van der Waals surface area contributed by atoms with Crippen molar-refractivity contribution in [2.24, 2.45) is 0 Å². The molecule has 0 aromatic rings. The van der Waals surface area contributed by atoms with E-state index in [-0.39, 0.29) is 0 Å². The number of nitrogens with one attached hydrogen (secondary N) is 2. The highest BCUT2D eigenvalue weighted by Gasteiger charge is 2.53. The number of hydrogen-bond acceptors (Lipinski definition) is 3. The van der Waals surface area contributed by atoms with Crippen LogP contribution in [0.1, 0.15) is 6.92 Å². The molecular weight excluding hydrogens is 207 g/mol. The molecule has 0 aromatic carbocycles. The fourth-order valence-corrected chi connectivity index (χ4v) is 0.882. The van der Waals surface area contributed by atoms with Crippen molar-refractivity contribution in [3.8, 4) is 0 Å². The van der Waals surface area contributed by atoms with E-state index in [1.54, 1.807) is 0 Å². The highest BCUT2D eigenvalue weighted by molar-refractivity contribution is 6.50. The molecule has 0 aromatic heterocycles. The molecule has 12 heavy (non-hydrogen) atoms. The van der Waals surface area contributed by atoms with E-state index in [4.69, 9.17) is 23.2 Å². The van der Waals surface area contributed by atoms with E-state index in [9.17, 15) is 14.7 Å². The van der Waals surface area contributed by atoms with Gasteiger partial charge in [0.1, 0.15) is 0 Å². The average molecular weight is 213 g/mol. The first kappa shape index (κ1) is 9.57. The van der Waals surface area contributed by atoms with Gasteiger partial charge < -0.3 is 5.11 Å². The first-order valence-electron chi connectivity index (χ1n) is 3.01. The first-order valence-corrected chi connectivity index (χ1v) is 3.77. The van der Waals surface area contributed by atoms with Gasteiger partial charge in [-0.25, -0.2) is 0 Å². The van der Waals surface area contributed by atoms with Crippen molar-refractivity contribution in [3.63, 3.8) is 0 Å². The van der Waals surface area contributed by atoms with Gasteiger partial charge in [0, 0.05) is 0 Å². The van der Waals surface area contributed by atoms with Gasteiger partial charge in [0.2, 0.25) is 0 Å². The summed E-state index contributed by atoms with van der Waals surface area (Å²) in [7, 11) is 0. The molecule has 0 aliphatic carbocycles. The van der Waals surface area contributed by atoms with Crippen LogP contribution in [0.25, 0.3) is 0 Å². The summed E-state index contributed by atoms with van der Waals surface area (Å²) < 4.78 is -1.69. The summed E-state index contributed by atoms with van der Waals surface area (Å²) in [6, 6.07) is 0. The molecule has 1 heterocycles. The summed E-state index contributed by atoms with van der Waals surface area (Å²) in [4.78, 5) is 21.3. The Balaban J connectivity index is 2.91. The molecule has 1 aliphatic rings. The Labute approximate surface area is 78.0 Å². The molecule has 2 amide bonds. The number of amides is 2. The lowest BCUT2D eigenvalue weighted by molar-refractivity contribution is -0.135. The number of hydrogen-bond donors (Lipinski definition) is 3. The Morgan fingerprint density at radius 1 is 1.33 bits per heavy atom. The zero-order valence-electron chi connectivity index (χ0n) is 6.02. The molecule has 1 saturated heterocycles. The molecule has 5 nitrogen and oxygen atoms in total. The minimum atomic E-state index is -2.09. The van der Waals surface area contributed by atoms with Gasteiger partial charge in [0.25, 0.3) is 5.85 Å². The number of carbonyl (C=O) groups excluding carboxylic acids is 2. The van der Waals surface area contributed by atoms with Crippen LogP contribution in [0.4, 0.5) is 0 Å². The monoisotopic (exact) mass is 212 g/mol. The zero-order chi connectivity index (χ0) is 9.57. The Morgan fingerprint density at radius 2 is 1.67 bits per heavy atom. The number of alkyl halides is 2. The van der Waals surface area contributed by atoms with Crippen molar-refractivity contribution in [2.45, 2.75) is 17.1 Å². The summed E-state index contributed by atoms with van der Waals surface area (Å²) in [6.07, 6.45) is 0. The van der Waals surface area contributed by atoms with Crippen LogP contribution in [0.15, 0.2) is 0 Å². The van der Waals surface area contributed by atoms with Crippen molar-refractivity contribution in [2.75, 3.05) is 0 Å². The molecule has 68 valence electrons. The first-order chi connectivity index (χ1) is 5.26. The van der Waals surface area contributed by atoms with Crippen LogP contribution < -0.4 is 10.6 Å². The molecule has 0 spiro atoms. The SMILES string of the molecule is CC(Cl)(Cl)C1(O)NC(=O)C(=O)N1. The van der Waals surface area contributed by atoms with E-state index >= 15 is 0 Å². The second kappa shape index (κ2) is 2.48. The standard InChI is InChI=1S/C5H6Cl2N2O3/c1-4(6,7)5(12)8-2(10)3(11)9-5/h12H,1H3,(H,8,10)(H,9,11). The minimum Gasteiger partial charge on any atom is -0.352 e. The minimum absolute atomic E-state index is 0.968. The van der Waals surface area contributed by atoms with Crippen LogP contribution in [-0.4, -0.2) is 27.1 Å². The van der Waals surface area contributed by atoms with E-state index in [0.717, 1.165) is 0 Å². The van der Waals surface area contributed by atoms with Gasteiger partial charge in [0.05, 0.1) is 0 Å². The van der Waals surface area contributed by atoms with Crippen LogP contribution in [0, 0.1) is 0 Å². The van der Waals surface area contributed by atoms with Crippen LogP contribution in [0.5, 0.6) is 0 Å². The number of aliphatic hydroxyl groups is 1. The molecule has 3 N–H and O–H groups in total. The molecule has 1 fully saturated rings. The molecule has 1 rings (SSSR count). The smallest absolute Gasteiger partial charge is 0.313 e. The lowest BCUT2D eigenvalue weighted by Crippen LogP contribution is -2.60. The number of rotatable bonds is 1. The van der Waals surface area contributed by atoms with Crippen molar-refractivity contribution in [1.82, 2.24) is 10.6 Å². The maximum absolute atomic E-state index is 10.6. The van der Waals surface area contributed by atoms with E-state index in [1.165, 1.54) is 6.92 Å². The fraction of sp³-hybridized carbons (Fsp3) is 0.600. The topological polar surface area (TPSA) is 78.4 Å². The largest absolute Gasteiger partial charge is 0.352 e. The van der Waals surface area contributed by atoms with Crippen LogP contribution in [0.3, 0.4) is 0 Å². The van der Waals surface area contributed by atoms with Gasteiger partial charge in [-0.3, -0.25) is 20.2 Å². The molecule has 7 heteroatoms. The molecule has 0 bridgehead atoms. The Bertz CT molecular complexity index is 232. The molecule has 0 saturated carbocycles. The number of halogens is 2. The van der Waals surface area contributed by atoms with Gasteiger partial charge >= 0.3 is 11.8 Å². The normalized spacial score (nSPS) is 22.0.